The van der Waals surface area contributed by atoms with E-state index in [1.807, 2.05) is 20.8 Å². The predicted octanol–water partition coefficient (Wildman–Crippen LogP) is 3.05. The van der Waals surface area contributed by atoms with E-state index in [0.717, 1.165) is 5.56 Å². The lowest BCUT2D eigenvalue weighted by Crippen LogP contribution is -2.38. The molecule has 3 N–H and O–H groups in total. The molecule has 0 aliphatic rings. The zero-order valence-corrected chi connectivity index (χ0v) is 10.1. The maximum absolute atomic E-state index is 12.6. The lowest BCUT2D eigenvalue weighted by molar-refractivity contribution is -0.157. The van der Waals surface area contributed by atoms with Crippen molar-refractivity contribution in [3.8, 4) is 0 Å². The molecular formula is C12H17F3N2. The molecule has 0 radical (unpaired) electrons. The van der Waals surface area contributed by atoms with Crippen LogP contribution in [0, 0.1) is 0 Å². The molecule has 2 nitrogen and oxygen atoms in total. The molecule has 0 aliphatic carbocycles. The highest BCUT2D eigenvalue weighted by atomic mass is 19.4. The van der Waals surface area contributed by atoms with Crippen LogP contribution in [0.15, 0.2) is 24.3 Å². The fourth-order valence-corrected chi connectivity index (χ4v) is 1.56. The van der Waals surface area contributed by atoms with Crippen LogP contribution >= 0.6 is 0 Å². The van der Waals surface area contributed by atoms with Crippen molar-refractivity contribution in [2.45, 2.75) is 38.4 Å². The largest absolute Gasteiger partial charge is 0.409 e. The van der Waals surface area contributed by atoms with E-state index < -0.39 is 12.2 Å². The van der Waals surface area contributed by atoms with Gasteiger partial charge in [-0.25, -0.2) is 5.43 Å². The topological polar surface area (TPSA) is 38.0 Å². The molecule has 0 unspecified atom stereocenters. The number of rotatable bonds is 2. The molecule has 0 amide bonds. The summed E-state index contributed by atoms with van der Waals surface area (Å²) in [5, 5.41) is 0. The Kier molecular flexibility index (Phi) is 3.84. The zero-order valence-electron chi connectivity index (χ0n) is 10.1. The third-order valence-corrected chi connectivity index (χ3v) is 2.60. The van der Waals surface area contributed by atoms with Crippen molar-refractivity contribution in [2.75, 3.05) is 0 Å². The molecule has 1 aromatic rings. The van der Waals surface area contributed by atoms with E-state index in [2.05, 4.69) is 0 Å². The van der Waals surface area contributed by atoms with Crippen LogP contribution in [-0.2, 0) is 5.41 Å². The molecule has 0 spiro atoms. The van der Waals surface area contributed by atoms with Crippen molar-refractivity contribution >= 4 is 0 Å². The van der Waals surface area contributed by atoms with Gasteiger partial charge in [0.05, 0.1) is 0 Å². The van der Waals surface area contributed by atoms with Gasteiger partial charge < -0.3 is 0 Å². The first-order chi connectivity index (χ1) is 7.66. The Morgan fingerprint density at radius 1 is 1.06 bits per heavy atom. The molecule has 17 heavy (non-hydrogen) atoms. The fourth-order valence-electron chi connectivity index (χ4n) is 1.56. The van der Waals surface area contributed by atoms with Crippen molar-refractivity contribution in [3.05, 3.63) is 35.4 Å². The minimum Gasteiger partial charge on any atom is -0.271 e. The molecule has 1 rings (SSSR count). The monoisotopic (exact) mass is 246 g/mol. The van der Waals surface area contributed by atoms with Gasteiger partial charge in [0, 0.05) is 0 Å². The lowest BCUT2D eigenvalue weighted by Gasteiger charge is -2.22. The second kappa shape index (κ2) is 4.66. The maximum Gasteiger partial charge on any atom is 0.409 e. The number of benzene rings is 1. The first-order valence-electron chi connectivity index (χ1n) is 5.29. The molecule has 1 aromatic carbocycles. The van der Waals surface area contributed by atoms with Gasteiger partial charge in [0.2, 0.25) is 0 Å². The normalized spacial score (nSPS) is 14.8. The highest BCUT2D eigenvalue weighted by molar-refractivity contribution is 5.29. The Morgan fingerprint density at radius 3 is 1.82 bits per heavy atom. The standard InChI is InChI=1S/C12H17F3N2/c1-11(2,3)9-6-4-8(5-7-9)10(17-16)12(13,14)15/h4-7,10,17H,16H2,1-3H3/t10-/m0/s1. The highest BCUT2D eigenvalue weighted by Gasteiger charge is 2.40. The van der Waals surface area contributed by atoms with Crippen molar-refractivity contribution in [2.24, 2.45) is 5.84 Å². The molecule has 0 saturated heterocycles. The van der Waals surface area contributed by atoms with Crippen molar-refractivity contribution in [3.63, 3.8) is 0 Å². The van der Waals surface area contributed by atoms with Crippen molar-refractivity contribution in [1.82, 2.24) is 5.43 Å². The van der Waals surface area contributed by atoms with Crippen LogP contribution in [-0.4, -0.2) is 6.18 Å². The van der Waals surface area contributed by atoms with Gasteiger partial charge >= 0.3 is 6.18 Å². The van der Waals surface area contributed by atoms with Gasteiger partial charge in [-0.05, 0) is 16.5 Å². The average molecular weight is 246 g/mol. The summed E-state index contributed by atoms with van der Waals surface area (Å²) in [5.41, 5.74) is 2.81. The van der Waals surface area contributed by atoms with Gasteiger partial charge in [-0.3, -0.25) is 5.84 Å². The van der Waals surface area contributed by atoms with Gasteiger partial charge in [0.25, 0.3) is 0 Å². The summed E-state index contributed by atoms with van der Waals surface area (Å²) < 4.78 is 37.8. The minimum absolute atomic E-state index is 0.0810. The molecule has 0 fully saturated rings. The Labute approximate surface area is 99.0 Å². The van der Waals surface area contributed by atoms with Crippen LogP contribution in [0.4, 0.5) is 13.2 Å². The summed E-state index contributed by atoms with van der Waals surface area (Å²) in [6.07, 6.45) is -4.39. The predicted molar refractivity (Wildman–Crippen MR) is 61.3 cm³/mol. The molecule has 5 heteroatoms. The third-order valence-electron chi connectivity index (χ3n) is 2.60. The SMILES string of the molecule is CC(C)(C)c1ccc([C@H](NN)C(F)(F)F)cc1. The van der Waals surface area contributed by atoms with Crippen molar-refractivity contribution in [1.29, 1.82) is 0 Å². The number of halogens is 3. The molecule has 0 heterocycles. The average Bonchev–Trinajstić information content (AvgIpc) is 2.16. The van der Waals surface area contributed by atoms with Crippen LogP contribution < -0.4 is 11.3 Å². The van der Waals surface area contributed by atoms with Gasteiger partial charge in [0.1, 0.15) is 6.04 Å². The number of hydrogen-bond donors (Lipinski definition) is 2. The lowest BCUT2D eigenvalue weighted by atomic mass is 9.86. The Balaban J connectivity index is 3.02. The molecule has 0 aliphatic heterocycles. The Bertz CT molecular complexity index is 363. The first kappa shape index (κ1) is 14.0. The van der Waals surface area contributed by atoms with E-state index in [1.165, 1.54) is 12.1 Å². The number of hydrazine groups is 1. The smallest absolute Gasteiger partial charge is 0.271 e. The number of nitrogens with one attached hydrogen (secondary N) is 1. The second-order valence-corrected chi connectivity index (χ2v) is 5.01. The molecule has 1 atom stereocenters. The molecular weight excluding hydrogens is 229 g/mol. The van der Waals surface area contributed by atoms with E-state index in [4.69, 9.17) is 5.84 Å². The van der Waals surface area contributed by atoms with E-state index >= 15 is 0 Å². The fraction of sp³-hybridized carbons (Fsp3) is 0.500. The van der Waals surface area contributed by atoms with Gasteiger partial charge in [-0.15, -0.1) is 0 Å². The third kappa shape index (κ3) is 3.44. The van der Waals surface area contributed by atoms with E-state index in [0.29, 0.717) is 0 Å². The summed E-state index contributed by atoms with van der Waals surface area (Å²) in [6.45, 7) is 6.01. The van der Waals surface area contributed by atoms with E-state index in [-0.39, 0.29) is 11.0 Å². The molecule has 96 valence electrons. The molecule has 0 bridgehead atoms. The number of alkyl halides is 3. The number of hydrogen-bond acceptors (Lipinski definition) is 2. The highest BCUT2D eigenvalue weighted by Crippen LogP contribution is 2.33. The quantitative estimate of drug-likeness (QED) is 0.621. The number of nitrogens with two attached hydrogens (primary N) is 1. The van der Waals surface area contributed by atoms with Crippen molar-refractivity contribution < 1.29 is 13.2 Å². The summed E-state index contributed by atoms with van der Waals surface area (Å²) >= 11 is 0. The van der Waals surface area contributed by atoms with Gasteiger partial charge in [-0.1, -0.05) is 45.0 Å². The summed E-state index contributed by atoms with van der Waals surface area (Å²) in [4.78, 5) is 0. The molecule has 0 aromatic heterocycles. The maximum atomic E-state index is 12.6. The summed E-state index contributed by atoms with van der Waals surface area (Å²) in [7, 11) is 0. The van der Waals surface area contributed by atoms with Crippen LogP contribution in [0.25, 0.3) is 0 Å². The zero-order chi connectivity index (χ0) is 13.3. The molecule has 0 saturated carbocycles. The van der Waals surface area contributed by atoms with E-state index in [9.17, 15) is 13.2 Å². The van der Waals surface area contributed by atoms with Crippen LogP contribution in [0.3, 0.4) is 0 Å². The van der Waals surface area contributed by atoms with E-state index in [1.54, 1.807) is 17.6 Å². The Morgan fingerprint density at radius 2 is 1.53 bits per heavy atom. The Hall–Kier alpha value is -1.07. The van der Waals surface area contributed by atoms with Gasteiger partial charge in [0.15, 0.2) is 0 Å². The summed E-state index contributed by atoms with van der Waals surface area (Å²) in [6, 6.07) is 4.49. The minimum atomic E-state index is -4.39. The van der Waals surface area contributed by atoms with Crippen LogP contribution in [0.2, 0.25) is 0 Å². The second-order valence-electron chi connectivity index (χ2n) is 5.01. The van der Waals surface area contributed by atoms with Crippen LogP contribution in [0.5, 0.6) is 0 Å². The first-order valence-corrected chi connectivity index (χ1v) is 5.29. The van der Waals surface area contributed by atoms with Crippen LogP contribution in [0.1, 0.15) is 37.9 Å². The summed E-state index contributed by atoms with van der Waals surface area (Å²) in [5.74, 6) is 4.94. The van der Waals surface area contributed by atoms with Gasteiger partial charge in [-0.2, -0.15) is 13.2 Å².